The fourth-order valence-corrected chi connectivity index (χ4v) is 0. The first-order chi connectivity index (χ1) is 1.41. The number of hydrogen-bond acceptors (Lipinski definition) is 1. The van der Waals surface area contributed by atoms with Gasteiger partial charge in [0.2, 0.25) is 0 Å². The summed E-state index contributed by atoms with van der Waals surface area (Å²) >= 11 is 2.09. The van der Waals surface area contributed by atoms with Gasteiger partial charge in [0.05, 0.1) is 0 Å². The largest absolute Gasteiger partial charge is 1.00 e. The van der Waals surface area contributed by atoms with Crippen LogP contribution < -0.4 is 154 Å². The molecule has 0 fully saturated rings. The Balaban J connectivity index is -0.00000000667. The van der Waals surface area contributed by atoms with Gasteiger partial charge in [-0.05, 0) is 21.2 Å². The van der Waals surface area contributed by atoms with E-state index in [0.29, 0.717) is 0 Å². The summed E-state index contributed by atoms with van der Waals surface area (Å²) in [4.78, 5) is 0. The van der Waals surface area contributed by atoms with Crippen LogP contribution in [0.4, 0.5) is 0 Å². The SMILES string of the molecule is [CH2-]SI.[K+].[K+].[K+]. The quantitative estimate of drug-likeness (QED) is 0.243. The van der Waals surface area contributed by atoms with E-state index in [0.717, 1.165) is 0 Å². The molecule has 6 heavy (non-hydrogen) atoms. The van der Waals surface area contributed by atoms with E-state index >= 15 is 0 Å². The van der Waals surface area contributed by atoms with Gasteiger partial charge >= 0.3 is 154 Å². The van der Waals surface area contributed by atoms with Crippen molar-refractivity contribution in [2.45, 2.75) is 0 Å². The van der Waals surface area contributed by atoms with Crippen molar-refractivity contribution in [3.63, 3.8) is 0 Å². The van der Waals surface area contributed by atoms with Gasteiger partial charge in [0.1, 0.15) is 0 Å². The van der Waals surface area contributed by atoms with Crippen molar-refractivity contribution >= 4 is 30.1 Å². The summed E-state index contributed by atoms with van der Waals surface area (Å²) in [5.41, 5.74) is 0. The van der Waals surface area contributed by atoms with Crippen molar-refractivity contribution in [3.8, 4) is 0 Å². The molecule has 0 rings (SSSR count). The Hall–Kier alpha value is 5.99. The van der Waals surface area contributed by atoms with Crippen LogP contribution >= 0.6 is 30.1 Å². The molecule has 20 valence electrons. The summed E-state index contributed by atoms with van der Waals surface area (Å²) in [5, 5.41) is 0. The summed E-state index contributed by atoms with van der Waals surface area (Å²) < 4.78 is 0. The maximum absolute atomic E-state index is 3.39. The van der Waals surface area contributed by atoms with E-state index in [1.54, 1.807) is 0 Å². The van der Waals surface area contributed by atoms with Crippen LogP contribution in [0.25, 0.3) is 0 Å². The zero-order chi connectivity index (χ0) is 2.71. The molecule has 0 radical (unpaired) electrons. The van der Waals surface area contributed by atoms with Gasteiger partial charge in [-0.2, -0.15) is 0 Å². The zero-order valence-electron chi connectivity index (χ0n) is 4.49. The van der Waals surface area contributed by atoms with Crippen LogP contribution in [0.3, 0.4) is 0 Å². The predicted molar refractivity (Wildman–Crippen MR) is 27.0 cm³/mol. The van der Waals surface area contributed by atoms with Crippen LogP contribution in [-0.4, -0.2) is 0 Å². The monoisotopic (exact) mass is 290 g/mol. The molecule has 0 nitrogen and oxygen atoms in total. The van der Waals surface area contributed by atoms with Gasteiger partial charge in [-0.3, -0.25) is 15.2 Å². The minimum Gasteiger partial charge on any atom is -0.282 e. The average molecular weight is 290 g/mol. The molecule has 0 aromatic rings. The molecule has 0 saturated heterocycles. The summed E-state index contributed by atoms with van der Waals surface area (Å²) in [7, 11) is 1.47. The molecule has 0 saturated carbocycles. The van der Waals surface area contributed by atoms with E-state index in [2.05, 4.69) is 27.5 Å². The number of rotatable bonds is 0. The summed E-state index contributed by atoms with van der Waals surface area (Å²) in [6.45, 7) is 0. The molecule has 0 spiro atoms. The molecule has 0 heterocycles. The van der Waals surface area contributed by atoms with Gasteiger partial charge in [0.25, 0.3) is 0 Å². The Morgan fingerprint density at radius 3 is 1.17 bits per heavy atom. The van der Waals surface area contributed by atoms with Crippen molar-refractivity contribution < 1.29 is 154 Å². The third kappa shape index (κ3) is 22.5. The van der Waals surface area contributed by atoms with E-state index in [1.807, 2.05) is 0 Å². The van der Waals surface area contributed by atoms with Gasteiger partial charge < -0.3 is 0 Å². The maximum Gasteiger partial charge on any atom is 1.00 e. The first-order valence-electron chi connectivity index (χ1n) is 0.443. The first kappa shape index (κ1) is 22.7. The summed E-state index contributed by atoms with van der Waals surface area (Å²) in [6, 6.07) is 0. The zero-order valence-corrected chi connectivity index (χ0v) is 16.8. The second kappa shape index (κ2) is 22.4. The molecule has 0 aliphatic rings. The number of hydrogen-bond donors (Lipinski definition) is 0. The molecule has 0 bridgehead atoms. The second-order valence-corrected chi connectivity index (χ2v) is 2.20. The molecular formula is CH2IK3S+2. The molecule has 0 unspecified atom stereocenters. The van der Waals surface area contributed by atoms with E-state index in [-0.39, 0.29) is 154 Å². The third-order valence-corrected chi connectivity index (χ3v) is 0. The molecule has 0 N–H and O–H groups in total. The fraction of sp³-hybridized carbons (Fsp3) is 0. The molecule has 0 atom stereocenters. The van der Waals surface area contributed by atoms with Crippen molar-refractivity contribution in [3.05, 3.63) is 6.26 Å². The topological polar surface area (TPSA) is 0 Å². The Morgan fingerprint density at radius 2 is 1.17 bits per heavy atom. The minimum absolute atomic E-state index is 0. The maximum atomic E-state index is 3.39. The van der Waals surface area contributed by atoms with Crippen molar-refractivity contribution in [1.82, 2.24) is 0 Å². The summed E-state index contributed by atoms with van der Waals surface area (Å²) in [5.74, 6) is 0. The van der Waals surface area contributed by atoms with Crippen LogP contribution in [0.1, 0.15) is 0 Å². The Kier molecular flexibility index (Phi) is 84.9. The molecule has 0 amide bonds. The molecule has 0 aliphatic heterocycles. The van der Waals surface area contributed by atoms with Gasteiger partial charge in [-0.25, -0.2) is 0 Å². The molecule has 0 aliphatic carbocycles. The number of halogens is 1. The Labute approximate surface area is 183 Å². The van der Waals surface area contributed by atoms with Crippen LogP contribution in [-0.2, 0) is 0 Å². The fourth-order valence-electron chi connectivity index (χ4n) is 0. The first-order valence-corrected chi connectivity index (χ1v) is 3.97. The molecule has 0 aromatic heterocycles. The van der Waals surface area contributed by atoms with Gasteiger partial charge in [-0.15, -0.1) is 0 Å². The summed E-state index contributed by atoms with van der Waals surface area (Å²) in [6.07, 6.45) is 3.39. The van der Waals surface area contributed by atoms with E-state index in [9.17, 15) is 0 Å². The van der Waals surface area contributed by atoms with Crippen molar-refractivity contribution in [2.24, 2.45) is 0 Å². The Bertz CT molecular complexity index is 10.8. The minimum atomic E-state index is 0. The van der Waals surface area contributed by atoms with Gasteiger partial charge in [-0.1, -0.05) is 0 Å². The predicted octanol–water partition coefficient (Wildman–Crippen LogP) is -7.13. The second-order valence-electron chi connectivity index (χ2n) is 0.109. The van der Waals surface area contributed by atoms with Gasteiger partial charge in [0.15, 0.2) is 0 Å². The van der Waals surface area contributed by atoms with E-state index in [1.165, 1.54) is 8.93 Å². The average Bonchev–Trinajstić information content (AvgIpc) is 0.918. The normalized spacial score (nSPS) is 3.00. The molecular weight excluding hydrogens is 288 g/mol. The van der Waals surface area contributed by atoms with Crippen molar-refractivity contribution in [1.29, 1.82) is 0 Å². The Morgan fingerprint density at radius 1 is 1.17 bits per heavy atom. The standard InChI is InChI=1S/CH2IS.3K/c1-3-2;;;/h1H2;;;/q-1;3*+1. The molecule has 0 aromatic carbocycles. The molecule has 5 heteroatoms. The van der Waals surface area contributed by atoms with Crippen LogP contribution in [0, 0.1) is 6.26 Å². The van der Waals surface area contributed by atoms with Crippen LogP contribution in [0.2, 0.25) is 0 Å². The van der Waals surface area contributed by atoms with Crippen molar-refractivity contribution in [2.75, 3.05) is 0 Å². The third-order valence-electron chi connectivity index (χ3n) is 0. The van der Waals surface area contributed by atoms with E-state index in [4.69, 9.17) is 0 Å². The van der Waals surface area contributed by atoms with Crippen LogP contribution in [0.5, 0.6) is 0 Å². The van der Waals surface area contributed by atoms with Crippen LogP contribution in [0.15, 0.2) is 0 Å². The smallest absolute Gasteiger partial charge is 0.282 e. The van der Waals surface area contributed by atoms with E-state index < -0.39 is 0 Å². The van der Waals surface area contributed by atoms with Gasteiger partial charge in [0, 0.05) is 0 Å².